The Labute approximate surface area is 95.5 Å². The highest BCUT2D eigenvalue weighted by molar-refractivity contribution is 6.52. The van der Waals surface area contributed by atoms with Gasteiger partial charge in [-0.3, -0.25) is 14.5 Å². The van der Waals surface area contributed by atoms with Gasteiger partial charge >= 0.3 is 0 Å². The number of nitrogens with zero attached hydrogens (tertiary/aromatic N) is 1. The van der Waals surface area contributed by atoms with E-state index >= 15 is 0 Å². The van der Waals surface area contributed by atoms with Gasteiger partial charge in [-0.15, -0.1) is 0 Å². The normalized spacial score (nSPS) is 16.4. The number of ketones is 1. The first-order chi connectivity index (χ1) is 7.93. The highest BCUT2D eigenvalue weighted by Crippen LogP contribution is 2.33. The summed E-state index contributed by atoms with van der Waals surface area (Å²) in [5.74, 6) is -3.91. The van der Waals surface area contributed by atoms with E-state index in [-0.39, 0.29) is 12.2 Å². The molecule has 90 valence electrons. The fraction of sp³-hybridized carbons (Fsp3) is 0.273. The lowest BCUT2D eigenvalue weighted by Crippen LogP contribution is -2.35. The minimum Gasteiger partial charge on any atom is -0.392 e. The molecule has 0 radical (unpaired) electrons. The first kappa shape index (κ1) is 11.7. The summed E-state index contributed by atoms with van der Waals surface area (Å²) in [6, 6.07) is 1.64. The van der Waals surface area contributed by atoms with Gasteiger partial charge in [0.05, 0.1) is 23.9 Å². The molecule has 6 heteroatoms. The third kappa shape index (κ3) is 1.70. The van der Waals surface area contributed by atoms with Crippen LogP contribution in [0.25, 0.3) is 0 Å². The van der Waals surface area contributed by atoms with E-state index in [0.29, 0.717) is 0 Å². The molecule has 1 atom stereocenters. The summed E-state index contributed by atoms with van der Waals surface area (Å²) in [6.07, 6.45) is -0.944. The van der Waals surface area contributed by atoms with E-state index in [1.807, 2.05) is 0 Å². The molecule has 1 unspecified atom stereocenters. The van der Waals surface area contributed by atoms with Gasteiger partial charge in [-0.1, -0.05) is 0 Å². The molecule has 0 fully saturated rings. The molecule has 1 heterocycles. The second kappa shape index (κ2) is 3.89. The predicted molar refractivity (Wildman–Crippen MR) is 54.7 cm³/mol. The molecule has 0 saturated carbocycles. The van der Waals surface area contributed by atoms with Crippen LogP contribution in [0.3, 0.4) is 0 Å². The number of anilines is 1. The van der Waals surface area contributed by atoms with Gasteiger partial charge in [0, 0.05) is 0 Å². The van der Waals surface area contributed by atoms with Crippen LogP contribution in [0.5, 0.6) is 0 Å². The Morgan fingerprint density at radius 3 is 2.47 bits per heavy atom. The fourth-order valence-electron chi connectivity index (χ4n) is 1.79. The molecular formula is C11H9F2NO3. The maximum atomic E-state index is 13.5. The number of hydrogen-bond donors (Lipinski definition) is 1. The first-order valence-electron chi connectivity index (χ1n) is 4.95. The molecule has 1 aromatic carbocycles. The van der Waals surface area contributed by atoms with Crippen LogP contribution >= 0.6 is 0 Å². The number of halogens is 2. The van der Waals surface area contributed by atoms with E-state index in [9.17, 15) is 23.5 Å². The minimum absolute atomic E-state index is 0.252. The topological polar surface area (TPSA) is 57.6 Å². The van der Waals surface area contributed by atoms with Gasteiger partial charge in [-0.05, 0) is 19.1 Å². The van der Waals surface area contributed by atoms with Crippen molar-refractivity contribution in [2.45, 2.75) is 13.0 Å². The number of aliphatic hydroxyl groups is 1. The summed E-state index contributed by atoms with van der Waals surface area (Å²) in [5, 5.41) is 9.18. The van der Waals surface area contributed by atoms with Crippen LogP contribution < -0.4 is 4.90 Å². The van der Waals surface area contributed by atoms with Gasteiger partial charge in [-0.25, -0.2) is 8.78 Å². The summed E-state index contributed by atoms with van der Waals surface area (Å²) in [6.45, 7) is 1.13. The molecule has 0 spiro atoms. The maximum Gasteiger partial charge on any atom is 0.299 e. The number of β-amino-alcohol motifs (C(OH)–C–C–N with tert-alkyl or cyclic N) is 1. The zero-order valence-electron chi connectivity index (χ0n) is 8.91. The van der Waals surface area contributed by atoms with Gasteiger partial charge in [0.1, 0.15) is 11.6 Å². The molecule has 2 rings (SSSR count). The van der Waals surface area contributed by atoms with E-state index in [0.717, 1.165) is 17.0 Å². The Hall–Kier alpha value is -1.82. The molecule has 0 aromatic heterocycles. The van der Waals surface area contributed by atoms with Crippen molar-refractivity contribution in [1.29, 1.82) is 0 Å². The summed E-state index contributed by atoms with van der Waals surface area (Å²) < 4.78 is 26.9. The molecule has 1 aromatic rings. The molecule has 1 N–H and O–H groups in total. The number of fused-ring (bicyclic) bond motifs is 1. The zero-order valence-corrected chi connectivity index (χ0v) is 8.91. The molecule has 1 amide bonds. The van der Waals surface area contributed by atoms with E-state index in [4.69, 9.17) is 0 Å². The molecule has 0 bridgehead atoms. The van der Waals surface area contributed by atoms with Crippen molar-refractivity contribution < 1.29 is 23.5 Å². The molecule has 0 aliphatic carbocycles. The summed E-state index contributed by atoms with van der Waals surface area (Å²) in [5.41, 5.74) is -0.948. The van der Waals surface area contributed by atoms with Gasteiger partial charge < -0.3 is 5.11 Å². The third-order valence-electron chi connectivity index (χ3n) is 2.46. The quantitative estimate of drug-likeness (QED) is 0.782. The summed E-state index contributed by atoms with van der Waals surface area (Å²) >= 11 is 0. The van der Waals surface area contributed by atoms with E-state index in [1.54, 1.807) is 0 Å². The summed E-state index contributed by atoms with van der Waals surface area (Å²) in [4.78, 5) is 23.8. The van der Waals surface area contributed by atoms with Crippen LogP contribution in [0.2, 0.25) is 0 Å². The maximum absolute atomic E-state index is 13.5. The van der Waals surface area contributed by atoms with E-state index in [2.05, 4.69) is 0 Å². The van der Waals surface area contributed by atoms with Crippen LogP contribution in [-0.2, 0) is 4.79 Å². The smallest absolute Gasteiger partial charge is 0.299 e. The second-order valence-electron chi connectivity index (χ2n) is 3.85. The largest absolute Gasteiger partial charge is 0.392 e. The van der Waals surface area contributed by atoms with Crippen molar-refractivity contribution in [1.82, 2.24) is 0 Å². The number of aliphatic hydroxyl groups excluding tert-OH is 1. The fourth-order valence-corrected chi connectivity index (χ4v) is 1.79. The first-order valence-corrected chi connectivity index (χ1v) is 4.95. The van der Waals surface area contributed by atoms with Gasteiger partial charge in [0.15, 0.2) is 0 Å². The number of carbonyl (C=O) groups is 2. The monoisotopic (exact) mass is 241 g/mol. The number of amides is 1. The zero-order chi connectivity index (χ0) is 12.7. The van der Waals surface area contributed by atoms with Crippen LogP contribution in [0.4, 0.5) is 14.5 Å². The molecule has 1 aliphatic heterocycles. The van der Waals surface area contributed by atoms with Crippen LogP contribution in [-0.4, -0.2) is 29.4 Å². The van der Waals surface area contributed by atoms with Crippen molar-refractivity contribution >= 4 is 17.4 Å². The van der Waals surface area contributed by atoms with Crippen molar-refractivity contribution in [2.24, 2.45) is 0 Å². The van der Waals surface area contributed by atoms with Crippen molar-refractivity contribution in [3.8, 4) is 0 Å². The molecule has 4 nitrogen and oxygen atoms in total. The van der Waals surface area contributed by atoms with E-state index in [1.165, 1.54) is 6.92 Å². The highest BCUT2D eigenvalue weighted by atomic mass is 19.1. The van der Waals surface area contributed by atoms with Crippen LogP contribution in [0, 0.1) is 11.6 Å². The number of carbonyl (C=O) groups excluding carboxylic acids is 2. The Kier molecular flexibility index (Phi) is 2.66. The van der Waals surface area contributed by atoms with Crippen LogP contribution in [0.15, 0.2) is 12.1 Å². The van der Waals surface area contributed by atoms with E-state index < -0.39 is 35.0 Å². The second-order valence-corrected chi connectivity index (χ2v) is 3.85. The highest BCUT2D eigenvalue weighted by Gasteiger charge is 2.40. The standard InChI is InChI=1S/C11H9F2NO3/c1-5(15)4-14-9-7(13)3-2-6(12)8(9)10(16)11(14)17/h2-3,5,15H,4H2,1H3. The number of hydrogen-bond acceptors (Lipinski definition) is 3. The average Bonchev–Trinajstić information content (AvgIpc) is 2.49. The van der Waals surface area contributed by atoms with Gasteiger partial charge in [0.2, 0.25) is 0 Å². The molecule has 0 saturated heterocycles. The van der Waals surface area contributed by atoms with Gasteiger partial charge in [-0.2, -0.15) is 0 Å². The van der Waals surface area contributed by atoms with Crippen molar-refractivity contribution in [3.05, 3.63) is 29.3 Å². The third-order valence-corrected chi connectivity index (χ3v) is 2.46. The van der Waals surface area contributed by atoms with Crippen molar-refractivity contribution in [3.63, 3.8) is 0 Å². The van der Waals surface area contributed by atoms with Gasteiger partial charge in [0.25, 0.3) is 11.7 Å². The minimum atomic E-state index is -1.09. The predicted octanol–water partition coefficient (Wildman–Crippen LogP) is 0.875. The Morgan fingerprint density at radius 1 is 1.29 bits per heavy atom. The SMILES string of the molecule is CC(O)CN1C(=O)C(=O)c2c(F)ccc(F)c21. The lowest BCUT2D eigenvalue weighted by molar-refractivity contribution is -0.114. The summed E-state index contributed by atoms with van der Waals surface area (Å²) in [7, 11) is 0. The lowest BCUT2D eigenvalue weighted by Gasteiger charge is -2.18. The van der Waals surface area contributed by atoms with Crippen molar-refractivity contribution in [2.75, 3.05) is 11.4 Å². The Balaban J connectivity index is 2.59. The number of benzene rings is 1. The molecule has 17 heavy (non-hydrogen) atoms. The molecular weight excluding hydrogens is 232 g/mol. The number of Topliss-reactive ketones (excluding diaryl/α,β-unsaturated/α-hetero) is 1. The lowest BCUT2D eigenvalue weighted by atomic mass is 10.1. The molecule has 1 aliphatic rings. The Morgan fingerprint density at radius 2 is 1.88 bits per heavy atom. The van der Waals surface area contributed by atoms with Crippen LogP contribution in [0.1, 0.15) is 17.3 Å². The average molecular weight is 241 g/mol. The number of rotatable bonds is 2. The Bertz CT molecular complexity index is 514.